The van der Waals surface area contributed by atoms with Gasteiger partial charge in [0.1, 0.15) is 11.5 Å². The van der Waals surface area contributed by atoms with Crippen molar-refractivity contribution in [2.75, 3.05) is 0 Å². The Morgan fingerprint density at radius 3 is 2.67 bits per heavy atom. The maximum absolute atomic E-state index is 12.2. The highest BCUT2D eigenvalue weighted by molar-refractivity contribution is 5.95. The third-order valence-corrected chi connectivity index (χ3v) is 1.35. The smallest absolute Gasteiger partial charge is 0.282 e. The van der Waals surface area contributed by atoms with Crippen molar-refractivity contribution < 1.29 is 8.78 Å². The minimum Gasteiger partial charge on any atom is -0.384 e. The van der Waals surface area contributed by atoms with Crippen molar-refractivity contribution in [3.8, 4) is 0 Å². The predicted molar refractivity (Wildman–Crippen MR) is 39.2 cm³/mol. The fraction of sp³-hybridized carbons (Fsp3) is 0.333. The molecule has 3 N–H and O–H groups in total. The van der Waals surface area contributed by atoms with Crippen LogP contribution in [0.25, 0.3) is 0 Å². The highest BCUT2D eigenvalue weighted by Crippen LogP contribution is 2.19. The molecule has 0 bridgehead atoms. The summed E-state index contributed by atoms with van der Waals surface area (Å²) in [7, 11) is 1.50. The summed E-state index contributed by atoms with van der Waals surface area (Å²) >= 11 is 0. The second-order valence-electron chi connectivity index (χ2n) is 2.32. The van der Waals surface area contributed by atoms with Crippen molar-refractivity contribution in [1.82, 2.24) is 9.78 Å². The molecule has 0 aromatic carbocycles. The van der Waals surface area contributed by atoms with Crippen LogP contribution in [0.1, 0.15) is 17.7 Å². The molecule has 1 aromatic rings. The van der Waals surface area contributed by atoms with Gasteiger partial charge in [-0.1, -0.05) is 0 Å². The van der Waals surface area contributed by atoms with Gasteiger partial charge < -0.3 is 5.73 Å². The summed E-state index contributed by atoms with van der Waals surface area (Å²) in [6, 6.07) is 0. The van der Waals surface area contributed by atoms with E-state index in [-0.39, 0.29) is 5.56 Å². The standard InChI is InChI=1S/C6H8F2N4/c1-12-2-3(6(9)10)4(11-12)5(7)8/h2,5H,1H3,(H3,9,10). The third kappa shape index (κ3) is 1.41. The summed E-state index contributed by atoms with van der Waals surface area (Å²) in [5, 5.41) is 10.5. The Morgan fingerprint density at radius 2 is 2.33 bits per heavy atom. The normalized spacial score (nSPS) is 10.7. The molecule has 12 heavy (non-hydrogen) atoms. The van der Waals surface area contributed by atoms with E-state index in [0.717, 1.165) is 0 Å². The first kappa shape index (κ1) is 8.63. The molecule has 0 aliphatic rings. The number of nitrogens with zero attached hydrogens (tertiary/aromatic N) is 2. The second-order valence-corrected chi connectivity index (χ2v) is 2.32. The van der Waals surface area contributed by atoms with E-state index in [9.17, 15) is 8.78 Å². The van der Waals surface area contributed by atoms with E-state index >= 15 is 0 Å². The number of nitrogens with two attached hydrogens (primary N) is 1. The molecular formula is C6H8F2N4. The lowest BCUT2D eigenvalue weighted by molar-refractivity contribution is 0.145. The van der Waals surface area contributed by atoms with Crippen LogP contribution < -0.4 is 5.73 Å². The summed E-state index contributed by atoms with van der Waals surface area (Å²) < 4.78 is 25.6. The van der Waals surface area contributed by atoms with Gasteiger partial charge in [-0.25, -0.2) is 8.78 Å². The average Bonchev–Trinajstić information content (AvgIpc) is 2.31. The zero-order valence-electron chi connectivity index (χ0n) is 6.38. The summed E-state index contributed by atoms with van der Waals surface area (Å²) in [5.74, 6) is -0.390. The Kier molecular flexibility index (Phi) is 2.07. The van der Waals surface area contributed by atoms with E-state index in [1.54, 1.807) is 0 Å². The minimum atomic E-state index is -2.69. The predicted octanol–water partition coefficient (Wildman–Crippen LogP) is 0.642. The quantitative estimate of drug-likeness (QED) is 0.510. The number of aryl methyl sites for hydroxylation is 1. The van der Waals surface area contributed by atoms with Gasteiger partial charge in [0.05, 0.1) is 5.56 Å². The number of hydrogen-bond donors (Lipinski definition) is 2. The number of nitrogen functional groups attached to an aromatic ring is 1. The third-order valence-electron chi connectivity index (χ3n) is 1.35. The van der Waals surface area contributed by atoms with E-state index < -0.39 is 18.0 Å². The molecule has 0 atom stereocenters. The van der Waals surface area contributed by atoms with E-state index in [2.05, 4.69) is 5.10 Å². The van der Waals surface area contributed by atoms with Crippen LogP contribution >= 0.6 is 0 Å². The molecule has 0 unspecified atom stereocenters. The fourth-order valence-corrected chi connectivity index (χ4v) is 0.874. The van der Waals surface area contributed by atoms with Crippen LogP contribution in [0, 0.1) is 5.41 Å². The molecule has 0 aliphatic heterocycles. The molecule has 4 nitrogen and oxygen atoms in total. The van der Waals surface area contributed by atoms with E-state index in [1.807, 2.05) is 0 Å². The molecule has 1 rings (SSSR count). The van der Waals surface area contributed by atoms with Gasteiger partial charge in [0.25, 0.3) is 6.43 Å². The number of halogens is 2. The summed E-state index contributed by atoms with van der Waals surface area (Å²) in [4.78, 5) is 0. The van der Waals surface area contributed by atoms with Crippen LogP contribution in [-0.2, 0) is 7.05 Å². The molecule has 0 radical (unpaired) electrons. The Balaban J connectivity index is 3.17. The largest absolute Gasteiger partial charge is 0.384 e. The first-order valence-electron chi connectivity index (χ1n) is 3.18. The Bertz CT molecular complexity index is 304. The minimum absolute atomic E-state index is 0.00694. The average molecular weight is 174 g/mol. The van der Waals surface area contributed by atoms with Crippen molar-refractivity contribution in [2.45, 2.75) is 6.43 Å². The van der Waals surface area contributed by atoms with Crippen LogP contribution in [0.15, 0.2) is 6.20 Å². The SMILES string of the molecule is Cn1cc(C(=N)N)c(C(F)F)n1. The van der Waals surface area contributed by atoms with Gasteiger partial charge in [-0.05, 0) is 0 Å². The Hall–Kier alpha value is -1.46. The van der Waals surface area contributed by atoms with Crippen molar-refractivity contribution in [3.63, 3.8) is 0 Å². The Labute approximate surface area is 67.5 Å². The molecule has 0 spiro atoms. The molecule has 66 valence electrons. The van der Waals surface area contributed by atoms with E-state index in [0.29, 0.717) is 0 Å². The van der Waals surface area contributed by atoms with Gasteiger partial charge >= 0.3 is 0 Å². The number of amidine groups is 1. The molecule has 1 aromatic heterocycles. The van der Waals surface area contributed by atoms with Crippen LogP contribution in [0.2, 0.25) is 0 Å². The maximum atomic E-state index is 12.2. The monoisotopic (exact) mass is 174 g/mol. The molecule has 0 saturated heterocycles. The number of rotatable bonds is 2. The van der Waals surface area contributed by atoms with Crippen molar-refractivity contribution in [1.29, 1.82) is 5.41 Å². The molecule has 0 amide bonds. The highest BCUT2D eigenvalue weighted by atomic mass is 19.3. The molecule has 6 heteroatoms. The first-order chi connectivity index (χ1) is 5.52. The van der Waals surface area contributed by atoms with Crippen LogP contribution in [0.5, 0.6) is 0 Å². The molecule has 1 heterocycles. The van der Waals surface area contributed by atoms with Crippen molar-refractivity contribution in [2.24, 2.45) is 12.8 Å². The van der Waals surface area contributed by atoms with Gasteiger partial charge in [0, 0.05) is 13.2 Å². The summed E-state index contributed by atoms with van der Waals surface area (Å²) in [6.45, 7) is 0. The number of nitrogens with one attached hydrogen (secondary N) is 1. The van der Waals surface area contributed by atoms with Gasteiger partial charge in [0.2, 0.25) is 0 Å². The summed E-state index contributed by atoms with van der Waals surface area (Å²) in [5.41, 5.74) is 4.62. The topological polar surface area (TPSA) is 67.7 Å². The van der Waals surface area contributed by atoms with Gasteiger partial charge in [-0.2, -0.15) is 5.10 Å². The van der Waals surface area contributed by atoms with E-state index in [1.165, 1.54) is 17.9 Å². The zero-order valence-corrected chi connectivity index (χ0v) is 6.38. The molecule has 0 aliphatic carbocycles. The zero-order chi connectivity index (χ0) is 9.30. The first-order valence-corrected chi connectivity index (χ1v) is 3.18. The van der Waals surface area contributed by atoms with Crippen LogP contribution in [0.4, 0.5) is 8.78 Å². The molecule has 0 saturated carbocycles. The van der Waals surface area contributed by atoms with Gasteiger partial charge in [-0.3, -0.25) is 10.1 Å². The number of alkyl halides is 2. The maximum Gasteiger partial charge on any atom is 0.282 e. The van der Waals surface area contributed by atoms with Crippen LogP contribution in [0.3, 0.4) is 0 Å². The fourth-order valence-electron chi connectivity index (χ4n) is 0.874. The molecule has 0 fully saturated rings. The second kappa shape index (κ2) is 2.88. The lowest BCUT2D eigenvalue weighted by atomic mass is 10.2. The van der Waals surface area contributed by atoms with E-state index in [4.69, 9.17) is 11.1 Å². The number of hydrogen-bond acceptors (Lipinski definition) is 2. The number of aromatic nitrogens is 2. The molecular weight excluding hydrogens is 166 g/mol. The van der Waals surface area contributed by atoms with Gasteiger partial charge in [0.15, 0.2) is 0 Å². The van der Waals surface area contributed by atoms with Crippen molar-refractivity contribution in [3.05, 3.63) is 17.5 Å². The van der Waals surface area contributed by atoms with Crippen molar-refractivity contribution >= 4 is 5.84 Å². The van der Waals surface area contributed by atoms with Crippen LogP contribution in [-0.4, -0.2) is 15.6 Å². The lowest BCUT2D eigenvalue weighted by Gasteiger charge is -1.96. The Morgan fingerprint density at radius 1 is 1.75 bits per heavy atom. The highest BCUT2D eigenvalue weighted by Gasteiger charge is 2.18. The lowest BCUT2D eigenvalue weighted by Crippen LogP contribution is -2.12. The summed E-state index contributed by atoms with van der Waals surface area (Å²) in [6.07, 6.45) is -1.39. The van der Waals surface area contributed by atoms with Gasteiger partial charge in [-0.15, -0.1) is 0 Å².